The lowest BCUT2D eigenvalue weighted by Crippen LogP contribution is -2.25. The quantitative estimate of drug-likeness (QED) is 0.708. The van der Waals surface area contributed by atoms with Crippen molar-refractivity contribution in [2.24, 2.45) is 0 Å². The molecule has 1 nitrogen and oxygen atoms in total. The molecule has 0 aliphatic carbocycles. The van der Waals surface area contributed by atoms with Gasteiger partial charge in [-0.3, -0.25) is 0 Å². The van der Waals surface area contributed by atoms with Gasteiger partial charge < -0.3 is 4.90 Å². The number of benzene rings is 1. The van der Waals surface area contributed by atoms with Gasteiger partial charge in [-0.25, -0.2) is 0 Å². The molecule has 0 unspecified atom stereocenters. The Morgan fingerprint density at radius 3 is 2.42 bits per heavy atom. The zero-order chi connectivity index (χ0) is 13.8. The minimum Gasteiger partial charge on any atom is -0.337 e. The largest absolute Gasteiger partial charge is 0.337 e. The van der Waals surface area contributed by atoms with Gasteiger partial charge in [0.25, 0.3) is 0 Å². The van der Waals surface area contributed by atoms with E-state index in [-0.39, 0.29) is 0 Å². The second kappa shape index (κ2) is 5.57. The number of rotatable bonds is 4. The maximum absolute atomic E-state index is 4.18. The third kappa shape index (κ3) is 2.45. The van der Waals surface area contributed by atoms with E-state index in [1.807, 2.05) is 18.2 Å². The van der Waals surface area contributed by atoms with Gasteiger partial charge in [0.1, 0.15) is 0 Å². The molecule has 0 spiro atoms. The summed E-state index contributed by atoms with van der Waals surface area (Å²) in [6.07, 6.45) is 5.88. The Labute approximate surface area is 115 Å². The average Bonchev–Trinajstić information content (AvgIpc) is 2.44. The summed E-state index contributed by atoms with van der Waals surface area (Å²) >= 11 is 0. The third-order valence-corrected chi connectivity index (χ3v) is 3.25. The van der Waals surface area contributed by atoms with Gasteiger partial charge in [-0.05, 0) is 29.7 Å². The highest BCUT2D eigenvalue weighted by Crippen LogP contribution is 2.34. The second-order valence-corrected chi connectivity index (χ2v) is 4.55. The van der Waals surface area contributed by atoms with Crippen molar-refractivity contribution in [3.8, 4) is 0 Å². The SMILES string of the molecule is C=CCN1C(=C)C(C=C)=CC(C)=C1c1ccccc1. The molecule has 0 bridgehead atoms. The number of nitrogens with zero attached hydrogens (tertiary/aromatic N) is 1. The summed E-state index contributed by atoms with van der Waals surface area (Å²) in [6, 6.07) is 10.4. The van der Waals surface area contributed by atoms with Crippen molar-refractivity contribution in [3.63, 3.8) is 0 Å². The Morgan fingerprint density at radius 1 is 1.16 bits per heavy atom. The molecule has 1 heterocycles. The van der Waals surface area contributed by atoms with E-state index in [0.717, 1.165) is 17.8 Å². The number of hydrogen-bond donors (Lipinski definition) is 0. The first kappa shape index (κ1) is 13.2. The summed E-state index contributed by atoms with van der Waals surface area (Å²) in [5.41, 5.74) is 5.65. The molecule has 0 saturated heterocycles. The van der Waals surface area contributed by atoms with Gasteiger partial charge in [-0.1, -0.05) is 55.6 Å². The Kier molecular flexibility index (Phi) is 3.86. The molecule has 1 aromatic carbocycles. The van der Waals surface area contributed by atoms with Crippen LogP contribution in [-0.4, -0.2) is 11.4 Å². The van der Waals surface area contributed by atoms with Crippen LogP contribution in [0, 0.1) is 0 Å². The molecule has 1 aliphatic heterocycles. The number of hydrogen-bond acceptors (Lipinski definition) is 1. The van der Waals surface area contributed by atoms with Crippen LogP contribution in [-0.2, 0) is 0 Å². The van der Waals surface area contributed by atoms with Crippen LogP contribution in [0.5, 0.6) is 0 Å². The van der Waals surface area contributed by atoms with Crippen molar-refractivity contribution in [2.75, 3.05) is 6.54 Å². The first-order valence-electron chi connectivity index (χ1n) is 6.37. The zero-order valence-corrected chi connectivity index (χ0v) is 11.4. The monoisotopic (exact) mass is 249 g/mol. The molecule has 0 radical (unpaired) electrons. The first-order valence-corrected chi connectivity index (χ1v) is 6.37. The fourth-order valence-corrected chi connectivity index (χ4v) is 2.38. The van der Waals surface area contributed by atoms with Crippen LogP contribution < -0.4 is 0 Å². The van der Waals surface area contributed by atoms with E-state index in [1.54, 1.807) is 0 Å². The van der Waals surface area contributed by atoms with Crippen LogP contribution >= 0.6 is 0 Å². The predicted molar refractivity (Wildman–Crippen MR) is 83.4 cm³/mol. The molecular formula is C18H19N. The van der Waals surface area contributed by atoms with Gasteiger partial charge in [-0.15, -0.1) is 6.58 Å². The van der Waals surface area contributed by atoms with Crippen LogP contribution in [0.15, 0.2) is 85.1 Å². The summed E-state index contributed by atoms with van der Waals surface area (Å²) in [6.45, 7) is 14.7. The molecular weight excluding hydrogens is 230 g/mol. The minimum atomic E-state index is 0.742. The maximum Gasteiger partial charge on any atom is 0.0517 e. The molecule has 0 N–H and O–H groups in total. The molecule has 0 saturated carbocycles. The van der Waals surface area contributed by atoms with E-state index in [9.17, 15) is 0 Å². The first-order chi connectivity index (χ1) is 9.19. The molecule has 0 aromatic heterocycles. The van der Waals surface area contributed by atoms with E-state index >= 15 is 0 Å². The topological polar surface area (TPSA) is 3.24 Å². The van der Waals surface area contributed by atoms with Crippen molar-refractivity contribution in [1.29, 1.82) is 0 Å². The molecule has 0 atom stereocenters. The Bertz CT molecular complexity index is 573. The van der Waals surface area contributed by atoms with E-state index in [2.05, 4.69) is 61.9 Å². The molecule has 19 heavy (non-hydrogen) atoms. The van der Waals surface area contributed by atoms with Crippen LogP contribution in [0.2, 0.25) is 0 Å². The fraction of sp³-hybridized carbons (Fsp3) is 0.111. The summed E-state index contributed by atoms with van der Waals surface area (Å²) in [5.74, 6) is 0. The highest BCUT2D eigenvalue weighted by atomic mass is 15.2. The van der Waals surface area contributed by atoms with Gasteiger partial charge in [0, 0.05) is 12.2 Å². The van der Waals surface area contributed by atoms with Crippen molar-refractivity contribution in [3.05, 3.63) is 90.7 Å². The maximum atomic E-state index is 4.18. The average molecular weight is 249 g/mol. The predicted octanol–water partition coefficient (Wildman–Crippen LogP) is 4.55. The third-order valence-electron chi connectivity index (χ3n) is 3.25. The Hall–Kier alpha value is -2.28. The smallest absolute Gasteiger partial charge is 0.0517 e. The van der Waals surface area contributed by atoms with Gasteiger partial charge in [0.2, 0.25) is 0 Å². The zero-order valence-electron chi connectivity index (χ0n) is 11.4. The lowest BCUT2D eigenvalue weighted by atomic mass is 9.97. The molecule has 1 heteroatoms. The van der Waals surface area contributed by atoms with E-state index in [1.165, 1.54) is 16.8 Å². The summed E-state index contributed by atoms with van der Waals surface area (Å²) in [4.78, 5) is 2.19. The van der Waals surface area contributed by atoms with Gasteiger partial charge in [-0.2, -0.15) is 0 Å². The molecule has 1 aromatic rings. The Morgan fingerprint density at radius 2 is 1.84 bits per heavy atom. The van der Waals surface area contributed by atoms with Crippen molar-refractivity contribution in [2.45, 2.75) is 6.92 Å². The van der Waals surface area contributed by atoms with Gasteiger partial charge in [0.15, 0.2) is 0 Å². The normalized spacial score (nSPS) is 15.3. The lowest BCUT2D eigenvalue weighted by molar-refractivity contribution is 0.548. The molecule has 96 valence electrons. The summed E-state index contributed by atoms with van der Waals surface area (Å²) in [5, 5.41) is 0. The Balaban J connectivity index is 2.58. The molecule has 0 fully saturated rings. The lowest BCUT2D eigenvalue weighted by Gasteiger charge is -2.33. The fourth-order valence-electron chi connectivity index (χ4n) is 2.38. The van der Waals surface area contributed by atoms with E-state index in [4.69, 9.17) is 0 Å². The standard InChI is InChI=1S/C18H19N/c1-5-12-19-15(4)16(6-2)13-14(3)18(19)17-10-8-7-9-11-17/h5-11,13H,1-2,4,12H2,3H3. The van der Waals surface area contributed by atoms with Gasteiger partial charge in [0.05, 0.1) is 5.70 Å². The molecule has 2 rings (SSSR count). The summed E-state index contributed by atoms with van der Waals surface area (Å²) < 4.78 is 0. The van der Waals surface area contributed by atoms with E-state index in [0.29, 0.717) is 0 Å². The van der Waals surface area contributed by atoms with Crippen molar-refractivity contribution < 1.29 is 0 Å². The van der Waals surface area contributed by atoms with Crippen LogP contribution in [0.4, 0.5) is 0 Å². The minimum absolute atomic E-state index is 0.742. The van der Waals surface area contributed by atoms with Crippen molar-refractivity contribution >= 4 is 5.70 Å². The van der Waals surface area contributed by atoms with E-state index < -0.39 is 0 Å². The van der Waals surface area contributed by atoms with Gasteiger partial charge >= 0.3 is 0 Å². The number of allylic oxidation sites excluding steroid dienone is 3. The molecule has 0 amide bonds. The van der Waals surface area contributed by atoms with Crippen LogP contribution in [0.3, 0.4) is 0 Å². The van der Waals surface area contributed by atoms with Crippen LogP contribution in [0.1, 0.15) is 12.5 Å². The second-order valence-electron chi connectivity index (χ2n) is 4.55. The summed E-state index contributed by atoms with van der Waals surface area (Å²) in [7, 11) is 0. The highest BCUT2D eigenvalue weighted by molar-refractivity contribution is 5.75. The highest BCUT2D eigenvalue weighted by Gasteiger charge is 2.21. The van der Waals surface area contributed by atoms with Crippen molar-refractivity contribution in [1.82, 2.24) is 4.90 Å². The van der Waals surface area contributed by atoms with Crippen LogP contribution in [0.25, 0.3) is 5.70 Å². The molecule has 1 aliphatic rings.